The van der Waals surface area contributed by atoms with E-state index in [1.165, 1.54) is 15.9 Å². The van der Waals surface area contributed by atoms with Gasteiger partial charge >= 0.3 is 12.3 Å². The number of halogens is 5. The van der Waals surface area contributed by atoms with E-state index in [9.17, 15) is 26.7 Å². The van der Waals surface area contributed by atoms with Gasteiger partial charge in [0.25, 0.3) is 5.92 Å². The van der Waals surface area contributed by atoms with E-state index in [0.29, 0.717) is 28.6 Å². The zero-order valence-electron chi connectivity index (χ0n) is 17.4. The predicted octanol–water partition coefficient (Wildman–Crippen LogP) is 3.00. The lowest BCUT2D eigenvalue weighted by molar-refractivity contribution is -0.141. The first-order chi connectivity index (χ1) is 15.5. The number of anilines is 2. The molecule has 2 aromatic rings. The molecule has 1 amide bonds. The van der Waals surface area contributed by atoms with Crippen molar-refractivity contribution in [2.45, 2.75) is 38.2 Å². The Labute approximate surface area is 185 Å². The number of aryl methyl sites for hydroxylation is 1. The number of amides is 1. The number of aromatic nitrogens is 3. The van der Waals surface area contributed by atoms with Crippen molar-refractivity contribution in [3.05, 3.63) is 41.1 Å². The lowest BCUT2D eigenvalue weighted by Crippen LogP contribution is -2.57. The van der Waals surface area contributed by atoms with Crippen molar-refractivity contribution >= 4 is 17.6 Å². The van der Waals surface area contributed by atoms with Crippen LogP contribution < -0.4 is 9.80 Å². The van der Waals surface area contributed by atoms with Crippen LogP contribution in [0.5, 0.6) is 0 Å². The molecule has 0 saturated carbocycles. The molecule has 2 saturated heterocycles. The van der Waals surface area contributed by atoms with E-state index in [4.69, 9.17) is 4.74 Å². The maximum atomic E-state index is 13.3. The van der Waals surface area contributed by atoms with Gasteiger partial charge in [0.1, 0.15) is 23.4 Å². The van der Waals surface area contributed by atoms with Crippen LogP contribution in [0.2, 0.25) is 0 Å². The van der Waals surface area contributed by atoms with Crippen LogP contribution in [0.1, 0.15) is 22.8 Å². The highest BCUT2D eigenvalue weighted by molar-refractivity contribution is 5.70. The fourth-order valence-corrected chi connectivity index (χ4v) is 4.12. The van der Waals surface area contributed by atoms with E-state index in [-0.39, 0.29) is 26.2 Å². The second-order valence-corrected chi connectivity index (χ2v) is 8.40. The van der Waals surface area contributed by atoms with E-state index in [1.54, 1.807) is 11.8 Å². The number of carbonyl (C=O) groups excluding carboxylic acids is 1. The first kappa shape index (κ1) is 21.6. The van der Waals surface area contributed by atoms with E-state index in [0.717, 1.165) is 12.3 Å². The van der Waals surface area contributed by atoms with Crippen LogP contribution >= 0.6 is 0 Å². The molecule has 0 radical (unpaired) electrons. The summed E-state index contributed by atoms with van der Waals surface area (Å²) in [4.78, 5) is 29.1. The number of hydrogen-bond acceptors (Lipinski definition) is 7. The van der Waals surface area contributed by atoms with Crippen molar-refractivity contribution in [3.8, 4) is 0 Å². The van der Waals surface area contributed by atoms with Crippen LogP contribution in [-0.2, 0) is 24.0 Å². The Balaban J connectivity index is 1.19. The Morgan fingerprint density at radius 2 is 1.88 bits per heavy atom. The summed E-state index contributed by atoms with van der Waals surface area (Å²) < 4.78 is 70.7. The largest absolute Gasteiger partial charge is 0.442 e. The topological polar surface area (TPSA) is 74.7 Å². The molecule has 8 nitrogen and oxygen atoms in total. The van der Waals surface area contributed by atoms with E-state index in [2.05, 4.69) is 15.0 Å². The summed E-state index contributed by atoms with van der Waals surface area (Å²) in [5.74, 6) is -1.92. The number of alkyl halides is 5. The minimum atomic E-state index is -4.54. The molecule has 0 bridgehead atoms. The summed E-state index contributed by atoms with van der Waals surface area (Å²) >= 11 is 0. The number of nitrogens with zero attached hydrogens (tertiary/aromatic N) is 6. The molecule has 0 spiro atoms. The predicted molar refractivity (Wildman–Crippen MR) is 105 cm³/mol. The number of hydrogen-bond donors (Lipinski definition) is 0. The molecule has 0 atom stereocenters. The molecule has 3 aliphatic heterocycles. The smallest absolute Gasteiger partial charge is 0.433 e. The average molecular weight is 470 g/mol. The van der Waals surface area contributed by atoms with Gasteiger partial charge in [-0.05, 0) is 19.1 Å². The third kappa shape index (κ3) is 4.11. The molecule has 5 heterocycles. The number of fused-ring (bicyclic) bond motifs is 1. The van der Waals surface area contributed by atoms with Gasteiger partial charge in [-0.15, -0.1) is 0 Å². The van der Waals surface area contributed by atoms with Crippen LogP contribution in [0.3, 0.4) is 0 Å². The van der Waals surface area contributed by atoms with E-state index in [1.807, 2.05) is 0 Å². The summed E-state index contributed by atoms with van der Waals surface area (Å²) in [6, 6.07) is 2.42. The Kier molecular flexibility index (Phi) is 4.83. The SMILES string of the molecule is Cc1nc2c(c(N3CC(F)(F)C3)n1)CN(C(=O)OC1CN(c3ccnc(C(F)(F)F)c3)C1)C2. The Morgan fingerprint density at radius 1 is 1.15 bits per heavy atom. The van der Waals surface area contributed by atoms with Crippen LogP contribution in [0.25, 0.3) is 0 Å². The minimum Gasteiger partial charge on any atom is -0.442 e. The lowest BCUT2D eigenvalue weighted by Gasteiger charge is -2.40. The molecule has 33 heavy (non-hydrogen) atoms. The Morgan fingerprint density at radius 3 is 2.55 bits per heavy atom. The van der Waals surface area contributed by atoms with Crippen LogP contribution in [0, 0.1) is 6.92 Å². The van der Waals surface area contributed by atoms with Crippen molar-refractivity contribution < 1.29 is 31.5 Å². The Bertz CT molecular complexity index is 1100. The molecule has 0 aliphatic carbocycles. The minimum absolute atomic E-state index is 0.140. The number of ether oxygens (including phenoxy) is 1. The third-order valence-corrected chi connectivity index (χ3v) is 5.79. The highest BCUT2D eigenvalue weighted by atomic mass is 19.4. The molecule has 2 fully saturated rings. The first-order valence-electron chi connectivity index (χ1n) is 10.2. The van der Waals surface area contributed by atoms with Gasteiger partial charge in [-0.3, -0.25) is 9.88 Å². The van der Waals surface area contributed by atoms with Gasteiger partial charge in [-0.1, -0.05) is 0 Å². The van der Waals surface area contributed by atoms with Gasteiger partial charge in [-0.25, -0.2) is 23.5 Å². The monoisotopic (exact) mass is 470 g/mol. The van der Waals surface area contributed by atoms with Gasteiger partial charge in [-0.2, -0.15) is 13.2 Å². The first-order valence-corrected chi connectivity index (χ1v) is 10.2. The fourth-order valence-electron chi connectivity index (χ4n) is 4.12. The van der Waals surface area contributed by atoms with Crippen molar-refractivity contribution in [1.82, 2.24) is 19.9 Å². The lowest BCUT2D eigenvalue weighted by atomic mass is 10.1. The second-order valence-electron chi connectivity index (χ2n) is 8.40. The van der Waals surface area contributed by atoms with Gasteiger partial charge in [0.2, 0.25) is 0 Å². The molecule has 3 aliphatic rings. The summed E-state index contributed by atoms with van der Waals surface area (Å²) in [6.07, 6.45) is -4.53. The number of pyridine rings is 1. The third-order valence-electron chi connectivity index (χ3n) is 5.79. The van der Waals surface area contributed by atoms with Crippen LogP contribution in [-0.4, -0.2) is 64.2 Å². The normalized spacial score (nSPS) is 19.8. The van der Waals surface area contributed by atoms with Gasteiger partial charge in [0.15, 0.2) is 0 Å². The Hall–Kier alpha value is -3.25. The fraction of sp³-hybridized carbons (Fsp3) is 0.500. The van der Waals surface area contributed by atoms with Gasteiger partial charge in [0, 0.05) is 17.4 Å². The second kappa shape index (κ2) is 7.39. The van der Waals surface area contributed by atoms with Crippen molar-refractivity contribution in [2.75, 3.05) is 36.0 Å². The molecular weight excluding hydrogens is 451 g/mol. The van der Waals surface area contributed by atoms with Crippen LogP contribution in [0.4, 0.5) is 38.3 Å². The average Bonchev–Trinajstić information content (AvgIpc) is 3.11. The molecule has 0 aromatic carbocycles. The quantitative estimate of drug-likeness (QED) is 0.639. The maximum Gasteiger partial charge on any atom is 0.433 e. The highest BCUT2D eigenvalue weighted by Crippen LogP contribution is 2.37. The summed E-state index contributed by atoms with van der Waals surface area (Å²) in [7, 11) is 0. The zero-order valence-corrected chi connectivity index (χ0v) is 17.4. The number of rotatable bonds is 3. The molecule has 2 aromatic heterocycles. The maximum absolute atomic E-state index is 13.3. The number of carbonyl (C=O) groups is 1. The van der Waals surface area contributed by atoms with Gasteiger partial charge in [0.05, 0.1) is 45.0 Å². The van der Waals surface area contributed by atoms with Crippen molar-refractivity contribution in [3.63, 3.8) is 0 Å². The summed E-state index contributed by atoms with van der Waals surface area (Å²) in [5.41, 5.74) is 0.582. The summed E-state index contributed by atoms with van der Waals surface area (Å²) in [5, 5.41) is 0. The van der Waals surface area contributed by atoms with Crippen LogP contribution in [0.15, 0.2) is 18.3 Å². The van der Waals surface area contributed by atoms with E-state index >= 15 is 0 Å². The van der Waals surface area contributed by atoms with E-state index < -0.39 is 43.1 Å². The molecule has 0 unspecified atom stereocenters. The van der Waals surface area contributed by atoms with Crippen molar-refractivity contribution in [1.29, 1.82) is 0 Å². The molecule has 176 valence electrons. The standard InChI is InChI=1S/C20H19F5N6O2/c1-11-27-15-8-30(7-14(15)17(28-11)31-9-19(21,22)10-31)18(32)33-13-5-29(6-13)12-2-3-26-16(4-12)20(23,24)25/h2-4,13H,5-10H2,1H3. The molecule has 0 N–H and O–H groups in total. The molecule has 13 heteroatoms. The summed E-state index contributed by atoms with van der Waals surface area (Å²) in [6.45, 7) is 1.62. The molecule has 5 rings (SSSR count). The van der Waals surface area contributed by atoms with Crippen molar-refractivity contribution in [2.24, 2.45) is 0 Å². The van der Waals surface area contributed by atoms with Gasteiger partial charge < -0.3 is 14.5 Å². The highest BCUT2D eigenvalue weighted by Gasteiger charge is 2.46. The molecular formula is C20H19F5N6O2. The zero-order chi connectivity index (χ0) is 23.5.